The SMILES string of the molecule is CCCC(OCC)C(O)Cc1ccc(F)cc1Br. The molecule has 2 unspecified atom stereocenters. The van der Waals surface area contributed by atoms with Gasteiger partial charge in [-0.15, -0.1) is 0 Å². The average molecular weight is 319 g/mol. The van der Waals surface area contributed by atoms with E-state index >= 15 is 0 Å². The molecule has 0 spiro atoms. The Labute approximate surface area is 116 Å². The van der Waals surface area contributed by atoms with Crippen molar-refractivity contribution < 1.29 is 14.2 Å². The summed E-state index contributed by atoms with van der Waals surface area (Å²) in [6, 6.07) is 4.51. The van der Waals surface area contributed by atoms with Crippen molar-refractivity contribution in [1.82, 2.24) is 0 Å². The largest absolute Gasteiger partial charge is 0.390 e. The van der Waals surface area contributed by atoms with Gasteiger partial charge in [-0.2, -0.15) is 0 Å². The van der Waals surface area contributed by atoms with Crippen LogP contribution in [0.2, 0.25) is 0 Å². The molecule has 0 aliphatic rings. The molecule has 0 heterocycles. The monoisotopic (exact) mass is 318 g/mol. The Morgan fingerprint density at radius 2 is 2.11 bits per heavy atom. The molecule has 2 nitrogen and oxygen atoms in total. The van der Waals surface area contributed by atoms with Crippen LogP contribution in [0.4, 0.5) is 4.39 Å². The van der Waals surface area contributed by atoms with E-state index in [1.807, 2.05) is 6.92 Å². The van der Waals surface area contributed by atoms with Gasteiger partial charge in [0.1, 0.15) is 5.82 Å². The highest BCUT2D eigenvalue weighted by molar-refractivity contribution is 9.10. The first-order valence-corrected chi connectivity index (χ1v) is 7.11. The lowest BCUT2D eigenvalue weighted by molar-refractivity contribution is -0.0364. The fourth-order valence-corrected chi connectivity index (χ4v) is 2.44. The van der Waals surface area contributed by atoms with Crippen LogP contribution < -0.4 is 0 Å². The summed E-state index contributed by atoms with van der Waals surface area (Å²) in [5.41, 5.74) is 0.893. The highest BCUT2D eigenvalue weighted by Crippen LogP contribution is 2.21. The summed E-state index contributed by atoms with van der Waals surface area (Å²) in [5, 5.41) is 10.2. The fraction of sp³-hybridized carbons (Fsp3) is 0.571. The van der Waals surface area contributed by atoms with Gasteiger partial charge in [-0.3, -0.25) is 0 Å². The molecule has 0 aliphatic carbocycles. The standard InChI is InChI=1S/C14H20BrFO2/c1-3-5-14(18-4-2)13(17)8-10-6-7-11(16)9-12(10)15/h6-7,9,13-14,17H,3-5,8H2,1-2H3. The van der Waals surface area contributed by atoms with Crippen molar-refractivity contribution in [2.24, 2.45) is 0 Å². The first-order valence-electron chi connectivity index (χ1n) is 6.32. The topological polar surface area (TPSA) is 29.5 Å². The van der Waals surface area contributed by atoms with Gasteiger partial charge in [0.05, 0.1) is 12.2 Å². The van der Waals surface area contributed by atoms with E-state index in [1.54, 1.807) is 6.07 Å². The number of benzene rings is 1. The summed E-state index contributed by atoms with van der Waals surface area (Å²) in [5.74, 6) is -0.282. The third kappa shape index (κ3) is 4.67. The number of rotatable bonds is 7. The lowest BCUT2D eigenvalue weighted by Crippen LogP contribution is -2.31. The Morgan fingerprint density at radius 1 is 1.39 bits per heavy atom. The zero-order valence-corrected chi connectivity index (χ0v) is 12.4. The van der Waals surface area contributed by atoms with E-state index in [-0.39, 0.29) is 11.9 Å². The third-order valence-electron chi connectivity index (χ3n) is 2.83. The molecular formula is C14H20BrFO2. The molecule has 0 saturated carbocycles. The Morgan fingerprint density at radius 3 is 2.67 bits per heavy atom. The van der Waals surface area contributed by atoms with E-state index in [2.05, 4.69) is 22.9 Å². The van der Waals surface area contributed by atoms with Gasteiger partial charge in [-0.05, 0) is 31.0 Å². The molecule has 0 aliphatic heterocycles. The van der Waals surface area contributed by atoms with Crippen LogP contribution in [0.1, 0.15) is 32.3 Å². The van der Waals surface area contributed by atoms with Crippen LogP contribution >= 0.6 is 15.9 Å². The normalized spacial score (nSPS) is 14.5. The van der Waals surface area contributed by atoms with Crippen LogP contribution in [-0.2, 0) is 11.2 Å². The molecule has 4 heteroatoms. The maximum absolute atomic E-state index is 13.0. The van der Waals surface area contributed by atoms with E-state index < -0.39 is 6.10 Å². The van der Waals surface area contributed by atoms with Crippen molar-refractivity contribution in [2.75, 3.05) is 6.61 Å². The van der Waals surface area contributed by atoms with Crippen LogP contribution in [0.25, 0.3) is 0 Å². The van der Waals surface area contributed by atoms with E-state index in [4.69, 9.17) is 4.74 Å². The van der Waals surface area contributed by atoms with E-state index in [1.165, 1.54) is 12.1 Å². The Kier molecular flexibility index (Phi) is 6.82. The molecule has 0 aromatic heterocycles. The second kappa shape index (κ2) is 7.87. The van der Waals surface area contributed by atoms with Crippen LogP contribution in [-0.4, -0.2) is 23.9 Å². The molecule has 1 aromatic carbocycles. The quantitative estimate of drug-likeness (QED) is 0.830. The number of ether oxygens (including phenoxy) is 1. The predicted molar refractivity (Wildman–Crippen MR) is 74.1 cm³/mol. The van der Waals surface area contributed by atoms with Crippen molar-refractivity contribution in [1.29, 1.82) is 0 Å². The fourth-order valence-electron chi connectivity index (χ4n) is 1.93. The van der Waals surface area contributed by atoms with E-state index in [0.29, 0.717) is 17.5 Å². The van der Waals surface area contributed by atoms with Gasteiger partial charge in [0.15, 0.2) is 0 Å². The highest BCUT2D eigenvalue weighted by atomic mass is 79.9. The van der Waals surface area contributed by atoms with Gasteiger partial charge in [-0.1, -0.05) is 35.3 Å². The maximum Gasteiger partial charge on any atom is 0.124 e. The Bertz CT molecular complexity index is 365. The molecule has 102 valence electrons. The summed E-state index contributed by atoms with van der Waals surface area (Å²) >= 11 is 3.31. The van der Waals surface area contributed by atoms with E-state index in [0.717, 1.165) is 18.4 Å². The Hall–Kier alpha value is -0.450. The van der Waals surface area contributed by atoms with Gasteiger partial charge < -0.3 is 9.84 Å². The number of halogens is 2. The van der Waals surface area contributed by atoms with Gasteiger partial charge in [-0.25, -0.2) is 4.39 Å². The summed E-state index contributed by atoms with van der Waals surface area (Å²) in [6.07, 6.45) is 1.54. The molecule has 1 N–H and O–H groups in total. The lowest BCUT2D eigenvalue weighted by Gasteiger charge is -2.23. The van der Waals surface area contributed by atoms with Crippen molar-refractivity contribution in [3.8, 4) is 0 Å². The van der Waals surface area contributed by atoms with Gasteiger partial charge in [0.2, 0.25) is 0 Å². The maximum atomic E-state index is 13.0. The molecule has 0 bridgehead atoms. The molecular weight excluding hydrogens is 299 g/mol. The molecule has 1 aromatic rings. The number of aliphatic hydroxyl groups excluding tert-OH is 1. The molecule has 0 fully saturated rings. The summed E-state index contributed by atoms with van der Waals surface area (Å²) < 4.78 is 19.2. The Balaban J connectivity index is 2.69. The number of hydrogen-bond acceptors (Lipinski definition) is 2. The zero-order chi connectivity index (χ0) is 13.5. The minimum atomic E-state index is -0.563. The van der Waals surface area contributed by atoms with Crippen LogP contribution in [0.15, 0.2) is 22.7 Å². The number of hydrogen-bond donors (Lipinski definition) is 1. The molecule has 0 saturated heterocycles. The third-order valence-corrected chi connectivity index (χ3v) is 3.57. The zero-order valence-electron chi connectivity index (χ0n) is 10.8. The molecule has 0 amide bonds. The summed E-state index contributed by atoms with van der Waals surface area (Å²) in [7, 11) is 0. The minimum absolute atomic E-state index is 0.156. The minimum Gasteiger partial charge on any atom is -0.390 e. The number of aliphatic hydroxyl groups is 1. The smallest absolute Gasteiger partial charge is 0.124 e. The van der Waals surface area contributed by atoms with Gasteiger partial charge in [0.25, 0.3) is 0 Å². The molecule has 2 atom stereocenters. The average Bonchev–Trinajstić information content (AvgIpc) is 2.32. The van der Waals surface area contributed by atoms with E-state index in [9.17, 15) is 9.50 Å². The molecule has 0 radical (unpaired) electrons. The van der Waals surface area contributed by atoms with Crippen molar-refractivity contribution in [2.45, 2.75) is 45.3 Å². The van der Waals surface area contributed by atoms with Crippen LogP contribution in [0, 0.1) is 5.82 Å². The van der Waals surface area contributed by atoms with Gasteiger partial charge >= 0.3 is 0 Å². The molecule has 18 heavy (non-hydrogen) atoms. The lowest BCUT2D eigenvalue weighted by atomic mass is 10.0. The van der Waals surface area contributed by atoms with Crippen molar-refractivity contribution in [3.05, 3.63) is 34.1 Å². The first kappa shape index (κ1) is 15.6. The predicted octanol–water partition coefficient (Wildman–Crippen LogP) is 3.70. The highest BCUT2D eigenvalue weighted by Gasteiger charge is 2.20. The summed E-state index contributed by atoms with van der Waals surface area (Å²) in [6.45, 7) is 4.57. The van der Waals surface area contributed by atoms with Crippen molar-refractivity contribution >= 4 is 15.9 Å². The van der Waals surface area contributed by atoms with Crippen molar-refractivity contribution in [3.63, 3.8) is 0 Å². The second-order valence-corrected chi connectivity index (χ2v) is 5.14. The molecule has 1 rings (SSSR count). The second-order valence-electron chi connectivity index (χ2n) is 4.29. The summed E-state index contributed by atoms with van der Waals surface area (Å²) in [4.78, 5) is 0. The van der Waals surface area contributed by atoms with Crippen LogP contribution in [0.3, 0.4) is 0 Å². The van der Waals surface area contributed by atoms with Crippen LogP contribution in [0.5, 0.6) is 0 Å². The first-order chi connectivity index (χ1) is 8.58. The van der Waals surface area contributed by atoms with Gasteiger partial charge in [0, 0.05) is 17.5 Å².